The van der Waals surface area contributed by atoms with E-state index in [2.05, 4.69) is 0 Å². The molecule has 1 aliphatic rings. The Morgan fingerprint density at radius 1 is 1.12 bits per heavy atom. The van der Waals surface area contributed by atoms with Gasteiger partial charge in [0, 0.05) is 12.7 Å². The van der Waals surface area contributed by atoms with Gasteiger partial charge in [-0.05, 0) is 25.3 Å². The lowest BCUT2D eigenvalue weighted by molar-refractivity contribution is 0.0183. The van der Waals surface area contributed by atoms with Gasteiger partial charge in [-0.2, -0.15) is 0 Å². The first-order valence-corrected chi connectivity index (χ1v) is 5.40. The van der Waals surface area contributed by atoms with Crippen molar-refractivity contribution in [1.82, 2.24) is 0 Å². The van der Waals surface area contributed by atoms with E-state index in [1.807, 2.05) is 0 Å². The van der Waals surface area contributed by atoms with Crippen LogP contribution in [0.25, 0.3) is 0 Å². The lowest BCUT2D eigenvalue weighted by atomic mass is 9.99. The number of carbonyl (C=O) groups excluding carboxylic acids is 1. The number of Topliss-reactive ketones (excluding diaryl/α,β-unsaturated/α-hetero) is 1. The minimum Gasteiger partial charge on any atom is -0.370 e. The topological polar surface area (TPSA) is 26.3 Å². The maximum Gasteiger partial charge on any atom is 0.194 e. The van der Waals surface area contributed by atoms with E-state index >= 15 is 0 Å². The molecule has 2 rings (SSSR count). The number of ether oxygens (including phenoxy) is 1. The highest BCUT2D eigenvalue weighted by atomic mass is 19.2. The van der Waals surface area contributed by atoms with Crippen LogP contribution >= 0.6 is 0 Å². The zero-order valence-corrected chi connectivity index (χ0v) is 9.01. The minimum absolute atomic E-state index is 0.380. The Labute approximate surface area is 96.4 Å². The third-order valence-electron chi connectivity index (χ3n) is 2.75. The molecule has 1 heterocycles. The largest absolute Gasteiger partial charge is 0.370 e. The second-order valence-electron chi connectivity index (χ2n) is 3.97. The molecule has 0 saturated carbocycles. The number of ketones is 1. The van der Waals surface area contributed by atoms with E-state index in [0.717, 1.165) is 12.8 Å². The van der Waals surface area contributed by atoms with Crippen molar-refractivity contribution in [3.8, 4) is 0 Å². The van der Waals surface area contributed by atoms with E-state index in [-0.39, 0.29) is 0 Å². The second kappa shape index (κ2) is 4.87. The van der Waals surface area contributed by atoms with E-state index in [1.165, 1.54) is 0 Å². The zero-order chi connectivity index (χ0) is 12.4. The van der Waals surface area contributed by atoms with Crippen LogP contribution in [-0.4, -0.2) is 18.5 Å². The summed E-state index contributed by atoms with van der Waals surface area (Å²) in [6.45, 7) is 0.432. The van der Waals surface area contributed by atoms with Crippen LogP contribution in [0.1, 0.15) is 29.6 Å². The predicted octanol–water partition coefficient (Wildman–Crippen LogP) is 2.86. The first kappa shape index (κ1) is 12.1. The van der Waals surface area contributed by atoms with Crippen LogP contribution in [-0.2, 0) is 4.74 Å². The van der Waals surface area contributed by atoms with E-state index in [4.69, 9.17) is 4.74 Å². The summed E-state index contributed by atoms with van der Waals surface area (Å²) in [5, 5.41) is 0. The van der Waals surface area contributed by atoms with Crippen molar-refractivity contribution in [2.45, 2.75) is 25.4 Å². The molecule has 0 bridgehead atoms. The first-order chi connectivity index (χ1) is 8.09. The summed E-state index contributed by atoms with van der Waals surface area (Å²) < 4.78 is 44.2. The summed E-state index contributed by atoms with van der Waals surface area (Å²) in [6, 6.07) is 0.969. The maximum atomic E-state index is 13.4. The van der Waals surface area contributed by atoms with Gasteiger partial charge in [0.05, 0.1) is 5.56 Å². The third kappa shape index (κ3) is 2.49. The molecular formula is C12H11F3O2. The SMILES string of the molecule is O=C(c1cc(F)c(F)cc1F)C1CCCCO1. The molecule has 0 spiro atoms. The van der Waals surface area contributed by atoms with Gasteiger partial charge >= 0.3 is 0 Å². The molecule has 0 radical (unpaired) electrons. The highest BCUT2D eigenvalue weighted by molar-refractivity contribution is 5.99. The lowest BCUT2D eigenvalue weighted by Gasteiger charge is -2.21. The van der Waals surface area contributed by atoms with Crippen LogP contribution in [0.2, 0.25) is 0 Å². The number of rotatable bonds is 2. The van der Waals surface area contributed by atoms with Gasteiger partial charge < -0.3 is 4.74 Å². The molecule has 17 heavy (non-hydrogen) atoms. The third-order valence-corrected chi connectivity index (χ3v) is 2.75. The van der Waals surface area contributed by atoms with Crippen molar-refractivity contribution in [1.29, 1.82) is 0 Å². The van der Waals surface area contributed by atoms with Gasteiger partial charge in [-0.25, -0.2) is 13.2 Å². The standard InChI is InChI=1S/C12H11F3O2/c13-8-6-10(15)9(14)5-7(8)12(16)11-3-1-2-4-17-11/h5-6,11H,1-4H2. The smallest absolute Gasteiger partial charge is 0.194 e. The lowest BCUT2D eigenvalue weighted by Crippen LogP contribution is -2.29. The molecule has 0 N–H and O–H groups in total. The van der Waals surface area contributed by atoms with Gasteiger partial charge in [0.2, 0.25) is 0 Å². The fraction of sp³-hybridized carbons (Fsp3) is 0.417. The Bertz CT molecular complexity index is 440. The summed E-state index contributed by atoms with van der Waals surface area (Å²) in [6.07, 6.45) is 1.39. The quantitative estimate of drug-likeness (QED) is 0.590. The number of hydrogen-bond donors (Lipinski definition) is 0. The molecule has 92 valence electrons. The van der Waals surface area contributed by atoms with Crippen molar-refractivity contribution in [3.63, 3.8) is 0 Å². The van der Waals surface area contributed by atoms with Crippen molar-refractivity contribution >= 4 is 5.78 Å². The average Bonchev–Trinajstić information content (AvgIpc) is 2.34. The van der Waals surface area contributed by atoms with Gasteiger partial charge in [-0.1, -0.05) is 0 Å². The molecule has 1 atom stereocenters. The molecule has 5 heteroatoms. The van der Waals surface area contributed by atoms with Crippen LogP contribution in [0.3, 0.4) is 0 Å². The molecule has 1 aromatic carbocycles. The van der Waals surface area contributed by atoms with Gasteiger partial charge in [0.15, 0.2) is 17.4 Å². The highest BCUT2D eigenvalue weighted by Gasteiger charge is 2.26. The summed E-state index contributed by atoms with van der Waals surface area (Å²) in [5.41, 5.74) is -0.448. The van der Waals surface area contributed by atoms with Gasteiger partial charge in [-0.15, -0.1) is 0 Å². The monoisotopic (exact) mass is 244 g/mol. The zero-order valence-electron chi connectivity index (χ0n) is 9.01. The van der Waals surface area contributed by atoms with E-state index in [0.29, 0.717) is 25.2 Å². The van der Waals surface area contributed by atoms with Crippen LogP contribution in [0, 0.1) is 17.5 Å². The number of halogens is 3. The second-order valence-corrected chi connectivity index (χ2v) is 3.97. The highest BCUT2D eigenvalue weighted by Crippen LogP contribution is 2.21. The summed E-state index contributed by atoms with van der Waals surface area (Å²) in [7, 11) is 0. The molecule has 1 saturated heterocycles. The van der Waals surface area contributed by atoms with Gasteiger partial charge in [0.1, 0.15) is 11.9 Å². The summed E-state index contributed by atoms with van der Waals surface area (Å²) in [4.78, 5) is 11.8. The molecule has 1 unspecified atom stereocenters. The molecule has 1 aliphatic heterocycles. The number of hydrogen-bond acceptors (Lipinski definition) is 2. The molecule has 0 aliphatic carbocycles. The van der Waals surface area contributed by atoms with Crippen LogP contribution < -0.4 is 0 Å². The Kier molecular flexibility index (Phi) is 3.47. The average molecular weight is 244 g/mol. The Morgan fingerprint density at radius 2 is 1.82 bits per heavy atom. The fourth-order valence-electron chi connectivity index (χ4n) is 1.83. The van der Waals surface area contributed by atoms with Crippen LogP contribution in [0.4, 0.5) is 13.2 Å². The molecular weight excluding hydrogens is 233 g/mol. The fourth-order valence-corrected chi connectivity index (χ4v) is 1.83. The Morgan fingerprint density at radius 3 is 2.47 bits per heavy atom. The van der Waals surface area contributed by atoms with E-state index in [1.54, 1.807) is 0 Å². The van der Waals surface area contributed by atoms with Crippen molar-refractivity contribution < 1.29 is 22.7 Å². The minimum atomic E-state index is -1.30. The molecule has 0 amide bonds. The number of carbonyl (C=O) groups is 1. The maximum absolute atomic E-state index is 13.4. The van der Waals surface area contributed by atoms with Gasteiger partial charge in [-0.3, -0.25) is 4.79 Å². The molecule has 0 aromatic heterocycles. The van der Waals surface area contributed by atoms with E-state index in [9.17, 15) is 18.0 Å². The molecule has 2 nitrogen and oxygen atoms in total. The van der Waals surface area contributed by atoms with Crippen LogP contribution in [0.15, 0.2) is 12.1 Å². The number of benzene rings is 1. The Hall–Kier alpha value is -1.36. The van der Waals surface area contributed by atoms with Crippen molar-refractivity contribution in [2.24, 2.45) is 0 Å². The molecule has 1 aromatic rings. The van der Waals surface area contributed by atoms with Crippen LogP contribution in [0.5, 0.6) is 0 Å². The van der Waals surface area contributed by atoms with Gasteiger partial charge in [0.25, 0.3) is 0 Å². The van der Waals surface area contributed by atoms with Crippen molar-refractivity contribution in [2.75, 3.05) is 6.61 Å². The predicted molar refractivity (Wildman–Crippen MR) is 54.2 cm³/mol. The summed E-state index contributed by atoms with van der Waals surface area (Å²) >= 11 is 0. The van der Waals surface area contributed by atoms with E-state index < -0.39 is 34.9 Å². The van der Waals surface area contributed by atoms with Crippen molar-refractivity contribution in [3.05, 3.63) is 35.1 Å². The molecule has 1 fully saturated rings. The Balaban J connectivity index is 2.26. The summed E-state index contributed by atoms with van der Waals surface area (Å²) in [5.74, 6) is -4.21. The first-order valence-electron chi connectivity index (χ1n) is 5.40. The normalized spacial score (nSPS) is 20.3.